The van der Waals surface area contributed by atoms with Crippen LogP contribution in [0, 0.1) is 0 Å². The first-order valence-electron chi connectivity index (χ1n) is 11.1. The summed E-state index contributed by atoms with van der Waals surface area (Å²) in [5.41, 5.74) is 5.51. The van der Waals surface area contributed by atoms with Crippen LogP contribution in [-0.2, 0) is 13.2 Å². The summed E-state index contributed by atoms with van der Waals surface area (Å²) in [5.74, 6) is 0.710. The van der Waals surface area contributed by atoms with E-state index in [0.29, 0.717) is 42.7 Å². The van der Waals surface area contributed by atoms with E-state index in [4.69, 9.17) is 32.7 Å². The molecule has 0 saturated heterocycles. The fourth-order valence-corrected chi connectivity index (χ4v) is 5.24. The zero-order valence-electron chi connectivity index (χ0n) is 19.3. The van der Waals surface area contributed by atoms with Crippen molar-refractivity contribution in [3.63, 3.8) is 0 Å². The Bertz CT molecular complexity index is 1410. The predicted octanol–water partition coefficient (Wildman–Crippen LogP) is 8.44. The summed E-state index contributed by atoms with van der Waals surface area (Å²) in [7, 11) is 0. The van der Waals surface area contributed by atoms with E-state index in [0.717, 1.165) is 16.7 Å². The van der Waals surface area contributed by atoms with Gasteiger partial charge in [-0.05, 0) is 79.4 Å². The average Bonchev–Trinajstić information content (AvgIpc) is 2.89. The summed E-state index contributed by atoms with van der Waals surface area (Å²) in [5, 5.41) is 5.21. The largest absolute Gasteiger partial charge is 0.488 e. The lowest BCUT2D eigenvalue weighted by Gasteiger charge is -2.12. The molecule has 4 aromatic rings. The number of carbonyl (C=O) groups is 1. The van der Waals surface area contributed by atoms with E-state index < -0.39 is 0 Å². The zero-order valence-corrected chi connectivity index (χ0v) is 23.9. The second kappa shape index (κ2) is 13.1. The van der Waals surface area contributed by atoms with E-state index in [1.807, 2.05) is 54.6 Å². The standard InChI is InChI=1S/C28H20Br2Cl2N2O3/c29-23-12-19(13-24(30)27(23)37-17-20-10-11-21(31)14-25(20)32)15-33-34-28(35)22-8-4-5-9-26(22)36-16-18-6-2-1-3-7-18/h1-15H,16-17H2,(H,34,35)/b33-15+. The van der Waals surface area contributed by atoms with E-state index in [1.165, 1.54) is 0 Å². The highest BCUT2D eigenvalue weighted by Gasteiger charge is 2.13. The molecule has 0 heterocycles. The molecule has 0 atom stereocenters. The minimum absolute atomic E-state index is 0.266. The quantitative estimate of drug-likeness (QED) is 0.145. The number of hydrazone groups is 1. The highest BCUT2D eigenvalue weighted by molar-refractivity contribution is 9.11. The summed E-state index contributed by atoms with van der Waals surface area (Å²) < 4.78 is 13.2. The molecule has 0 aliphatic rings. The number of para-hydroxylation sites is 1. The molecule has 0 aromatic heterocycles. The van der Waals surface area contributed by atoms with Crippen molar-refractivity contribution in [3.05, 3.63) is 126 Å². The van der Waals surface area contributed by atoms with Crippen LogP contribution in [0.15, 0.2) is 99.0 Å². The second-order valence-electron chi connectivity index (χ2n) is 7.81. The molecule has 0 saturated carbocycles. The molecule has 4 rings (SSSR count). The summed E-state index contributed by atoms with van der Waals surface area (Å²) in [6.07, 6.45) is 1.54. The van der Waals surface area contributed by atoms with Gasteiger partial charge in [0.2, 0.25) is 0 Å². The monoisotopic (exact) mass is 660 g/mol. The number of rotatable bonds is 9. The van der Waals surface area contributed by atoms with Crippen LogP contribution < -0.4 is 14.9 Å². The Morgan fingerprint density at radius 3 is 2.30 bits per heavy atom. The minimum Gasteiger partial charge on any atom is -0.488 e. The Kier molecular flexibility index (Phi) is 9.63. The Morgan fingerprint density at radius 2 is 1.57 bits per heavy atom. The van der Waals surface area contributed by atoms with Crippen LogP contribution in [0.2, 0.25) is 10.0 Å². The fourth-order valence-electron chi connectivity index (χ4n) is 3.32. The third-order valence-electron chi connectivity index (χ3n) is 5.16. The molecular weight excluding hydrogens is 643 g/mol. The Hall–Kier alpha value is -2.84. The third-order valence-corrected chi connectivity index (χ3v) is 6.92. The summed E-state index contributed by atoms with van der Waals surface area (Å²) >= 11 is 19.3. The number of amides is 1. The van der Waals surface area contributed by atoms with E-state index in [9.17, 15) is 4.79 Å². The minimum atomic E-state index is -0.377. The highest BCUT2D eigenvalue weighted by Crippen LogP contribution is 2.35. The van der Waals surface area contributed by atoms with Gasteiger partial charge in [-0.2, -0.15) is 5.10 Å². The number of hydrogen-bond acceptors (Lipinski definition) is 4. The summed E-state index contributed by atoms with van der Waals surface area (Å²) in [4.78, 5) is 12.8. The van der Waals surface area contributed by atoms with Gasteiger partial charge in [-0.1, -0.05) is 71.7 Å². The predicted molar refractivity (Wildman–Crippen MR) is 155 cm³/mol. The van der Waals surface area contributed by atoms with Crippen LogP contribution >= 0.6 is 55.1 Å². The van der Waals surface area contributed by atoms with Gasteiger partial charge >= 0.3 is 0 Å². The molecule has 0 aliphatic carbocycles. The number of hydrogen-bond donors (Lipinski definition) is 1. The Balaban J connectivity index is 1.38. The van der Waals surface area contributed by atoms with Crippen molar-refractivity contribution >= 4 is 67.2 Å². The Labute approximate surface area is 241 Å². The van der Waals surface area contributed by atoms with Crippen molar-refractivity contribution in [3.8, 4) is 11.5 Å². The van der Waals surface area contributed by atoms with Crippen molar-refractivity contribution < 1.29 is 14.3 Å². The average molecular weight is 663 g/mol. The topological polar surface area (TPSA) is 59.9 Å². The molecule has 0 aliphatic heterocycles. The van der Waals surface area contributed by atoms with Crippen LogP contribution in [0.3, 0.4) is 0 Å². The first-order chi connectivity index (χ1) is 17.9. The van der Waals surface area contributed by atoms with Gasteiger partial charge in [-0.15, -0.1) is 0 Å². The molecule has 0 spiro atoms. The van der Waals surface area contributed by atoms with Crippen LogP contribution in [0.4, 0.5) is 0 Å². The van der Waals surface area contributed by atoms with E-state index in [1.54, 1.807) is 36.5 Å². The van der Waals surface area contributed by atoms with Crippen LogP contribution in [0.5, 0.6) is 11.5 Å². The number of carbonyl (C=O) groups excluding carboxylic acids is 1. The number of ether oxygens (including phenoxy) is 2. The lowest BCUT2D eigenvalue weighted by Crippen LogP contribution is -2.18. The molecule has 0 bridgehead atoms. The maximum Gasteiger partial charge on any atom is 0.275 e. The molecule has 37 heavy (non-hydrogen) atoms. The van der Waals surface area contributed by atoms with Crippen LogP contribution in [0.25, 0.3) is 0 Å². The first kappa shape index (κ1) is 27.2. The molecule has 1 amide bonds. The smallest absolute Gasteiger partial charge is 0.275 e. The van der Waals surface area contributed by atoms with Crippen molar-refractivity contribution in [2.75, 3.05) is 0 Å². The van der Waals surface area contributed by atoms with Gasteiger partial charge in [0.1, 0.15) is 24.7 Å². The maximum absolute atomic E-state index is 12.8. The molecule has 4 aromatic carbocycles. The molecular formula is C28H20Br2Cl2N2O3. The summed E-state index contributed by atoms with van der Waals surface area (Å²) in [6, 6.07) is 25.7. The zero-order chi connectivity index (χ0) is 26.2. The lowest BCUT2D eigenvalue weighted by molar-refractivity contribution is 0.0950. The van der Waals surface area contributed by atoms with Gasteiger partial charge in [0.15, 0.2) is 0 Å². The maximum atomic E-state index is 12.8. The lowest BCUT2D eigenvalue weighted by atomic mass is 10.2. The number of halogens is 4. The first-order valence-corrected chi connectivity index (χ1v) is 13.4. The van der Waals surface area contributed by atoms with Crippen molar-refractivity contribution in [2.45, 2.75) is 13.2 Å². The molecule has 1 N–H and O–H groups in total. The van der Waals surface area contributed by atoms with Crippen molar-refractivity contribution in [2.24, 2.45) is 5.10 Å². The van der Waals surface area contributed by atoms with Gasteiger partial charge in [0.05, 0.1) is 20.7 Å². The molecule has 0 radical (unpaired) electrons. The number of benzene rings is 4. The van der Waals surface area contributed by atoms with Crippen molar-refractivity contribution in [1.29, 1.82) is 0 Å². The number of nitrogens with zero attached hydrogens (tertiary/aromatic N) is 1. The van der Waals surface area contributed by atoms with E-state index in [-0.39, 0.29) is 12.5 Å². The Morgan fingerprint density at radius 1 is 0.865 bits per heavy atom. The molecule has 0 unspecified atom stereocenters. The third kappa shape index (κ3) is 7.58. The molecule has 188 valence electrons. The van der Waals surface area contributed by atoms with E-state index in [2.05, 4.69) is 42.4 Å². The van der Waals surface area contributed by atoms with Gasteiger partial charge in [-0.25, -0.2) is 5.43 Å². The van der Waals surface area contributed by atoms with Crippen LogP contribution in [-0.4, -0.2) is 12.1 Å². The normalized spacial score (nSPS) is 10.9. The molecule has 0 fully saturated rings. The van der Waals surface area contributed by atoms with Gasteiger partial charge in [0, 0.05) is 15.6 Å². The second-order valence-corrected chi connectivity index (χ2v) is 10.4. The van der Waals surface area contributed by atoms with Gasteiger partial charge in [-0.3, -0.25) is 4.79 Å². The SMILES string of the molecule is O=C(N/N=C/c1cc(Br)c(OCc2ccc(Cl)cc2Cl)c(Br)c1)c1ccccc1OCc1ccccc1. The van der Waals surface area contributed by atoms with Gasteiger partial charge < -0.3 is 9.47 Å². The molecule has 9 heteroatoms. The molecule has 5 nitrogen and oxygen atoms in total. The fraction of sp³-hybridized carbons (Fsp3) is 0.0714. The number of nitrogens with one attached hydrogen (secondary N) is 1. The van der Waals surface area contributed by atoms with Gasteiger partial charge in [0.25, 0.3) is 5.91 Å². The summed E-state index contributed by atoms with van der Waals surface area (Å²) in [6.45, 7) is 0.623. The van der Waals surface area contributed by atoms with Crippen molar-refractivity contribution in [1.82, 2.24) is 5.43 Å². The van der Waals surface area contributed by atoms with Crippen LogP contribution in [0.1, 0.15) is 27.0 Å². The van der Waals surface area contributed by atoms with E-state index >= 15 is 0 Å². The highest BCUT2D eigenvalue weighted by atomic mass is 79.9.